The first-order valence-electron chi connectivity index (χ1n) is 9.76. The van der Waals surface area contributed by atoms with Crippen molar-refractivity contribution in [2.24, 2.45) is 11.3 Å². The van der Waals surface area contributed by atoms with Crippen LogP contribution in [-0.4, -0.2) is 28.4 Å². The highest BCUT2D eigenvalue weighted by atomic mass is 16.6. The van der Waals surface area contributed by atoms with Gasteiger partial charge in [-0.05, 0) is 36.1 Å². The molecule has 3 unspecified atom stereocenters. The van der Waals surface area contributed by atoms with Gasteiger partial charge in [0.05, 0.1) is 4.92 Å². The van der Waals surface area contributed by atoms with Gasteiger partial charge in [-0.15, -0.1) is 0 Å². The van der Waals surface area contributed by atoms with Crippen LogP contribution in [0.15, 0.2) is 54.9 Å². The van der Waals surface area contributed by atoms with Crippen molar-refractivity contribution in [1.29, 1.82) is 0 Å². The van der Waals surface area contributed by atoms with Gasteiger partial charge in [0.15, 0.2) is 0 Å². The molecule has 0 saturated carbocycles. The summed E-state index contributed by atoms with van der Waals surface area (Å²) in [6.45, 7) is 4.80. The molecule has 3 atom stereocenters. The van der Waals surface area contributed by atoms with Crippen molar-refractivity contribution in [2.75, 3.05) is 11.9 Å². The van der Waals surface area contributed by atoms with Crippen LogP contribution in [0.1, 0.15) is 42.1 Å². The summed E-state index contributed by atoms with van der Waals surface area (Å²) in [5.74, 6) is 0.317. The van der Waals surface area contributed by atoms with Gasteiger partial charge in [0.1, 0.15) is 0 Å². The van der Waals surface area contributed by atoms with Crippen LogP contribution < -0.4 is 10.6 Å². The molecule has 1 amide bonds. The number of non-ortho nitro benzene ring substituents is 1. The van der Waals surface area contributed by atoms with E-state index < -0.39 is 0 Å². The summed E-state index contributed by atoms with van der Waals surface area (Å²) in [6.07, 6.45) is 8.43. The topological polar surface area (TPSA) is 97.2 Å². The third-order valence-electron chi connectivity index (χ3n) is 6.05. The van der Waals surface area contributed by atoms with E-state index in [1.807, 2.05) is 0 Å². The minimum absolute atomic E-state index is 0.117. The molecule has 29 heavy (non-hydrogen) atoms. The van der Waals surface area contributed by atoms with Crippen LogP contribution in [0.25, 0.3) is 0 Å². The van der Waals surface area contributed by atoms with Crippen molar-refractivity contribution in [3.8, 4) is 0 Å². The SMILES string of the molecule is CC(C)(CNC(=O)c1ccncc1)C1Nc2ccc([N+](=O)[O-])cc2C2C=CCC21. The second-order valence-corrected chi connectivity index (χ2v) is 8.41. The van der Waals surface area contributed by atoms with Crippen molar-refractivity contribution in [1.82, 2.24) is 10.3 Å². The average Bonchev–Trinajstić information content (AvgIpc) is 3.21. The Balaban J connectivity index is 1.55. The number of benzene rings is 1. The second kappa shape index (κ2) is 7.31. The van der Waals surface area contributed by atoms with Gasteiger partial charge < -0.3 is 10.6 Å². The molecule has 1 aliphatic carbocycles. The van der Waals surface area contributed by atoms with Crippen LogP contribution in [0.3, 0.4) is 0 Å². The highest BCUT2D eigenvalue weighted by Gasteiger charge is 2.44. The van der Waals surface area contributed by atoms with Gasteiger partial charge in [-0.2, -0.15) is 0 Å². The Kier molecular flexibility index (Phi) is 4.82. The number of carbonyl (C=O) groups is 1. The highest BCUT2D eigenvalue weighted by molar-refractivity contribution is 5.94. The number of nitro benzene ring substituents is 1. The van der Waals surface area contributed by atoms with Crippen LogP contribution in [0.4, 0.5) is 11.4 Å². The maximum Gasteiger partial charge on any atom is 0.269 e. The molecule has 0 bridgehead atoms. The fraction of sp³-hybridized carbons (Fsp3) is 0.364. The van der Waals surface area contributed by atoms with Crippen LogP contribution in [0.5, 0.6) is 0 Å². The Morgan fingerprint density at radius 1 is 1.31 bits per heavy atom. The number of aromatic nitrogens is 1. The van der Waals surface area contributed by atoms with Gasteiger partial charge in [0.2, 0.25) is 0 Å². The van der Waals surface area contributed by atoms with Crippen molar-refractivity contribution < 1.29 is 9.72 Å². The van der Waals surface area contributed by atoms with E-state index in [0.717, 1.165) is 17.7 Å². The zero-order chi connectivity index (χ0) is 20.6. The van der Waals surface area contributed by atoms with Gasteiger partial charge in [0.25, 0.3) is 11.6 Å². The first-order chi connectivity index (χ1) is 13.9. The minimum atomic E-state index is -0.349. The number of pyridine rings is 1. The number of hydrogen-bond acceptors (Lipinski definition) is 5. The molecule has 0 fully saturated rings. The number of anilines is 1. The second-order valence-electron chi connectivity index (χ2n) is 8.41. The molecular weight excluding hydrogens is 368 g/mol. The lowest BCUT2D eigenvalue weighted by molar-refractivity contribution is -0.384. The lowest BCUT2D eigenvalue weighted by Crippen LogP contribution is -2.51. The zero-order valence-corrected chi connectivity index (χ0v) is 16.5. The van der Waals surface area contributed by atoms with E-state index in [1.54, 1.807) is 42.7 Å². The molecule has 1 aromatic carbocycles. The van der Waals surface area contributed by atoms with Gasteiger partial charge in [-0.3, -0.25) is 19.9 Å². The number of fused-ring (bicyclic) bond motifs is 3. The van der Waals surface area contributed by atoms with Crippen molar-refractivity contribution in [2.45, 2.75) is 32.2 Å². The number of amides is 1. The van der Waals surface area contributed by atoms with Gasteiger partial charge in [-0.1, -0.05) is 26.0 Å². The minimum Gasteiger partial charge on any atom is -0.381 e. The van der Waals surface area contributed by atoms with Crippen LogP contribution in [0.2, 0.25) is 0 Å². The predicted molar refractivity (Wildman–Crippen MR) is 111 cm³/mol. The first-order valence-corrected chi connectivity index (χ1v) is 9.76. The smallest absolute Gasteiger partial charge is 0.269 e. The molecule has 150 valence electrons. The third kappa shape index (κ3) is 3.60. The monoisotopic (exact) mass is 392 g/mol. The Morgan fingerprint density at radius 2 is 2.07 bits per heavy atom. The molecule has 7 heteroatoms. The summed E-state index contributed by atoms with van der Waals surface area (Å²) < 4.78 is 0. The molecule has 4 rings (SSSR count). The normalized spacial score (nSPS) is 22.3. The molecule has 2 aromatic rings. The number of hydrogen-bond donors (Lipinski definition) is 2. The number of nitrogens with one attached hydrogen (secondary N) is 2. The quantitative estimate of drug-likeness (QED) is 0.457. The van der Waals surface area contributed by atoms with E-state index in [9.17, 15) is 14.9 Å². The van der Waals surface area contributed by atoms with Gasteiger partial charge in [0, 0.05) is 59.7 Å². The Hall–Kier alpha value is -3.22. The van der Waals surface area contributed by atoms with Crippen LogP contribution in [0, 0.1) is 21.4 Å². The predicted octanol–water partition coefficient (Wildman–Crippen LogP) is 3.90. The average molecular weight is 392 g/mol. The fourth-order valence-corrected chi connectivity index (χ4v) is 4.49. The molecule has 0 radical (unpaired) electrons. The molecular formula is C22H24N4O3. The zero-order valence-electron chi connectivity index (χ0n) is 16.5. The summed E-state index contributed by atoms with van der Waals surface area (Å²) in [5, 5.41) is 17.9. The standard InChI is InChI=1S/C22H24N4O3/c1-22(2,13-24-21(27)14-8-10-23-11-9-14)20-17-5-3-4-16(17)18-12-15(26(28)29)6-7-19(18)25-20/h3-4,6-12,16-17,20,25H,5,13H2,1-2H3,(H,24,27). The lowest BCUT2D eigenvalue weighted by atomic mass is 9.69. The number of carbonyl (C=O) groups excluding carboxylic acids is 1. The summed E-state index contributed by atoms with van der Waals surface area (Å²) in [5.41, 5.74) is 2.39. The number of nitrogens with zero attached hydrogens (tertiary/aromatic N) is 2. The van der Waals surface area contributed by atoms with Crippen LogP contribution >= 0.6 is 0 Å². The molecule has 2 aliphatic rings. The largest absolute Gasteiger partial charge is 0.381 e. The molecule has 0 saturated heterocycles. The Bertz CT molecular complexity index is 971. The van der Waals surface area contributed by atoms with Gasteiger partial charge in [-0.25, -0.2) is 0 Å². The number of allylic oxidation sites excluding steroid dienone is 2. The van der Waals surface area contributed by atoms with E-state index in [0.29, 0.717) is 12.1 Å². The van der Waals surface area contributed by atoms with Crippen molar-refractivity contribution >= 4 is 17.3 Å². The molecule has 1 aliphatic heterocycles. The Labute approximate surface area is 169 Å². The summed E-state index contributed by atoms with van der Waals surface area (Å²) >= 11 is 0. The fourth-order valence-electron chi connectivity index (χ4n) is 4.49. The molecule has 2 heterocycles. The summed E-state index contributed by atoms with van der Waals surface area (Å²) in [7, 11) is 0. The maximum atomic E-state index is 12.5. The van der Waals surface area contributed by atoms with Crippen LogP contribution in [-0.2, 0) is 0 Å². The van der Waals surface area contributed by atoms with E-state index in [-0.39, 0.29) is 39.8 Å². The summed E-state index contributed by atoms with van der Waals surface area (Å²) in [6, 6.07) is 8.54. The molecule has 2 N–H and O–H groups in total. The van der Waals surface area contributed by atoms with Crippen molar-refractivity contribution in [3.05, 3.63) is 76.1 Å². The first kappa shape index (κ1) is 19.1. The maximum absolute atomic E-state index is 12.5. The number of nitro groups is 1. The highest BCUT2D eigenvalue weighted by Crippen LogP contribution is 2.49. The molecule has 0 spiro atoms. The third-order valence-corrected chi connectivity index (χ3v) is 6.05. The summed E-state index contributed by atoms with van der Waals surface area (Å²) in [4.78, 5) is 27.3. The van der Waals surface area contributed by atoms with E-state index in [2.05, 4.69) is 41.6 Å². The Morgan fingerprint density at radius 3 is 2.79 bits per heavy atom. The van der Waals surface area contributed by atoms with E-state index in [1.165, 1.54) is 0 Å². The van der Waals surface area contributed by atoms with E-state index in [4.69, 9.17) is 0 Å². The van der Waals surface area contributed by atoms with E-state index >= 15 is 0 Å². The number of rotatable bonds is 5. The lowest BCUT2D eigenvalue weighted by Gasteiger charge is -2.45. The van der Waals surface area contributed by atoms with Gasteiger partial charge >= 0.3 is 0 Å². The van der Waals surface area contributed by atoms with Crippen molar-refractivity contribution in [3.63, 3.8) is 0 Å². The molecule has 1 aromatic heterocycles. The molecule has 7 nitrogen and oxygen atoms in total.